The third kappa shape index (κ3) is 40.7. The Morgan fingerprint density at radius 3 is 0.959 bits per heavy atom. The minimum Gasteiger partial charge on any atom is -0.463 e. The quantitative estimate of drug-likeness (QED) is 0.0371. The fourth-order valence-corrected chi connectivity index (χ4v) is 4.67. The van der Waals surface area contributed by atoms with Gasteiger partial charge in [0.1, 0.15) is 13.2 Å². The molecule has 0 spiro atoms. The minimum atomic E-state index is -0.412. The molecule has 0 aliphatic heterocycles. The van der Waals surface area contributed by atoms with Crippen LogP contribution < -0.4 is 0 Å². The Hall–Kier alpha value is -1.60. The predicted octanol–water partition coefficient (Wildman–Crippen LogP) is 7.03. The first-order valence-electron chi connectivity index (χ1n) is 19.1. The molecule has 0 radical (unpaired) electrons. The Bertz CT molecular complexity index is 720. The van der Waals surface area contributed by atoms with Crippen molar-refractivity contribution in [1.82, 2.24) is 0 Å². The number of hydrogen-bond acceptors (Lipinski definition) is 11. The Kier molecular flexibility index (Phi) is 39.5. The minimum absolute atomic E-state index is 0.134. The summed E-state index contributed by atoms with van der Waals surface area (Å²) in [6, 6.07) is 0. The van der Waals surface area contributed by atoms with Gasteiger partial charge in [0, 0.05) is 12.0 Å². The zero-order chi connectivity index (χ0) is 35.7. The first kappa shape index (κ1) is 47.4. The zero-order valence-corrected chi connectivity index (χ0v) is 31.3. The lowest BCUT2D eigenvalue weighted by atomic mass is 10.0. The molecule has 0 atom stereocenters. The molecule has 0 aliphatic carbocycles. The third-order valence-electron chi connectivity index (χ3n) is 7.52. The summed E-state index contributed by atoms with van der Waals surface area (Å²) in [5, 5.41) is 0. The summed E-state index contributed by atoms with van der Waals surface area (Å²) in [6.07, 6.45) is 20.2. The summed E-state index contributed by atoms with van der Waals surface area (Å²) < 4.78 is 48.2. The van der Waals surface area contributed by atoms with Crippen molar-refractivity contribution in [3.8, 4) is 0 Å². The number of rotatable bonds is 41. The molecule has 0 bridgehead atoms. The highest BCUT2D eigenvalue weighted by atomic mass is 16.6. The summed E-state index contributed by atoms with van der Waals surface area (Å²) in [7, 11) is 0. The van der Waals surface area contributed by atoms with Gasteiger partial charge in [0.05, 0.1) is 92.5 Å². The molecule has 11 nitrogen and oxygen atoms in total. The van der Waals surface area contributed by atoms with E-state index in [1.54, 1.807) is 6.92 Å². The van der Waals surface area contributed by atoms with E-state index < -0.39 is 5.97 Å². The number of carbonyl (C=O) groups is 2. The first-order valence-corrected chi connectivity index (χ1v) is 19.1. The molecule has 0 fully saturated rings. The molecule has 0 N–H and O–H groups in total. The number of carbonyl (C=O) groups excluding carboxylic acids is 2. The van der Waals surface area contributed by atoms with Gasteiger partial charge < -0.3 is 42.6 Å². The molecule has 0 aliphatic rings. The second-order valence-electron chi connectivity index (χ2n) is 12.1. The van der Waals surface area contributed by atoms with Crippen molar-refractivity contribution in [2.45, 2.75) is 117 Å². The van der Waals surface area contributed by atoms with Crippen LogP contribution in [0.2, 0.25) is 0 Å². The van der Waals surface area contributed by atoms with Gasteiger partial charge >= 0.3 is 11.9 Å². The molecule has 0 rings (SSSR count). The molecule has 0 aromatic rings. The Morgan fingerprint density at radius 1 is 0.388 bits per heavy atom. The van der Waals surface area contributed by atoms with E-state index in [4.69, 9.17) is 42.6 Å². The van der Waals surface area contributed by atoms with Crippen LogP contribution in [0.4, 0.5) is 0 Å². The molecule has 49 heavy (non-hydrogen) atoms. The maximum atomic E-state index is 11.9. The topological polar surface area (TPSA) is 117 Å². The summed E-state index contributed by atoms with van der Waals surface area (Å²) in [6.45, 7) is 14.2. The Morgan fingerprint density at radius 2 is 0.653 bits per heavy atom. The van der Waals surface area contributed by atoms with Crippen molar-refractivity contribution < 1.29 is 52.2 Å². The van der Waals surface area contributed by atoms with E-state index >= 15 is 0 Å². The highest BCUT2D eigenvalue weighted by Crippen LogP contribution is 2.13. The Balaban J connectivity index is 3.16. The van der Waals surface area contributed by atoms with Crippen LogP contribution in [0.5, 0.6) is 0 Å². The largest absolute Gasteiger partial charge is 0.463 e. The lowest BCUT2D eigenvalue weighted by molar-refractivity contribution is -0.145. The van der Waals surface area contributed by atoms with Crippen LogP contribution in [0.1, 0.15) is 117 Å². The van der Waals surface area contributed by atoms with Crippen LogP contribution in [-0.4, -0.2) is 118 Å². The fourth-order valence-electron chi connectivity index (χ4n) is 4.67. The SMILES string of the molecule is C=C(C)C(=O)OCCOCCOCCOCCOCCOCCOCCOCCOC(=O)CCCCCCCCCCCCCCCCC. The van der Waals surface area contributed by atoms with Crippen LogP contribution in [0.15, 0.2) is 12.2 Å². The summed E-state index contributed by atoms with van der Waals surface area (Å²) in [4.78, 5) is 23.1. The first-order chi connectivity index (χ1) is 24.1. The summed E-state index contributed by atoms with van der Waals surface area (Å²) in [5.41, 5.74) is 0.371. The second kappa shape index (κ2) is 40.8. The van der Waals surface area contributed by atoms with E-state index in [-0.39, 0.29) is 19.2 Å². The van der Waals surface area contributed by atoms with Gasteiger partial charge in [0.25, 0.3) is 0 Å². The van der Waals surface area contributed by atoms with Crippen molar-refractivity contribution >= 4 is 11.9 Å². The van der Waals surface area contributed by atoms with Crippen molar-refractivity contribution in [2.75, 3.05) is 106 Å². The average molecular weight is 705 g/mol. The number of unbranched alkanes of at least 4 members (excludes halogenated alkanes) is 14. The van der Waals surface area contributed by atoms with E-state index in [9.17, 15) is 9.59 Å². The highest BCUT2D eigenvalue weighted by Gasteiger charge is 2.04. The molecular formula is C38H72O11. The third-order valence-corrected chi connectivity index (χ3v) is 7.52. The number of ether oxygens (including phenoxy) is 9. The van der Waals surface area contributed by atoms with Crippen molar-refractivity contribution in [2.24, 2.45) is 0 Å². The van der Waals surface area contributed by atoms with Gasteiger partial charge in [0.2, 0.25) is 0 Å². The normalized spacial score (nSPS) is 11.2. The van der Waals surface area contributed by atoms with Crippen LogP contribution >= 0.6 is 0 Å². The van der Waals surface area contributed by atoms with Gasteiger partial charge in [-0.1, -0.05) is 103 Å². The number of esters is 2. The lowest BCUT2D eigenvalue weighted by Crippen LogP contribution is -2.15. The summed E-state index contributed by atoms with van der Waals surface area (Å²) in [5.74, 6) is -0.546. The maximum absolute atomic E-state index is 11.9. The van der Waals surface area contributed by atoms with Crippen LogP contribution in [0, 0.1) is 0 Å². The average Bonchev–Trinajstić information content (AvgIpc) is 3.09. The standard InChI is InChI=1S/C38H72O11/c1-4-5-6-7-8-9-10-11-12-13-14-15-16-17-18-19-37(39)48-34-32-46-30-28-44-26-24-42-22-20-41-21-23-43-25-27-45-29-31-47-33-35-49-38(40)36(2)3/h2,4-35H2,1,3H3. The molecule has 0 amide bonds. The monoisotopic (exact) mass is 705 g/mol. The number of hydrogen-bond donors (Lipinski definition) is 0. The summed E-state index contributed by atoms with van der Waals surface area (Å²) >= 11 is 0. The van der Waals surface area contributed by atoms with Crippen molar-refractivity contribution in [3.05, 3.63) is 12.2 Å². The second-order valence-corrected chi connectivity index (χ2v) is 12.1. The molecular weight excluding hydrogens is 632 g/mol. The van der Waals surface area contributed by atoms with Crippen LogP contribution in [0.3, 0.4) is 0 Å². The maximum Gasteiger partial charge on any atom is 0.333 e. The molecule has 0 aromatic heterocycles. The molecule has 0 unspecified atom stereocenters. The molecule has 0 saturated carbocycles. The molecule has 0 aromatic carbocycles. The predicted molar refractivity (Wildman–Crippen MR) is 192 cm³/mol. The van der Waals surface area contributed by atoms with Gasteiger partial charge in [-0.25, -0.2) is 4.79 Å². The van der Waals surface area contributed by atoms with Gasteiger partial charge in [-0.2, -0.15) is 0 Å². The highest BCUT2D eigenvalue weighted by molar-refractivity contribution is 5.86. The lowest BCUT2D eigenvalue weighted by Gasteiger charge is -2.09. The zero-order valence-electron chi connectivity index (χ0n) is 31.3. The van der Waals surface area contributed by atoms with Gasteiger partial charge in [0.15, 0.2) is 0 Å². The van der Waals surface area contributed by atoms with Gasteiger partial charge in [-0.05, 0) is 13.3 Å². The smallest absolute Gasteiger partial charge is 0.333 e. The molecule has 0 saturated heterocycles. The van der Waals surface area contributed by atoms with Crippen molar-refractivity contribution in [1.29, 1.82) is 0 Å². The van der Waals surface area contributed by atoms with E-state index in [0.717, 1.165) is 12.8 Å². The van der Waals surface area contributed by atoms with E-state index in [0.29, 0.717) is 104 Å². The van der Waals surface area contributed by atoms with Gasteiger partial charge in [-0.3, -0.25) is 4.79 Å². The van der Waals surface area contributed by atoms with E-state index in [1.165, 1.54) is 83.5 Å². The molecule has 290 valence electrons. The van der Waals surface area contributed by atoms with Crippen molar-refractivity contribution in [3.63, 3.8) is 0 Å². The fraction of sp³-hybridized carbons (Fsp3) is 0.895. The van der Waals surface area contributed by atoms with Gasteiger partial charge in [-0.15, -0.1) is 0 Å². The molecule has 11 heteroatoms. The van der Waals surface area contributed by atoms with E-state index in [2.05, 4.69) is 13.5 Å². The Labute approximate surface area is 298 Å². The van der Waals surface area contributed by atoms with Crippen LogP contribution in [-0.2, 0) is 52.2 Å². The van der Waals surface area contributed by atoms with Crippen LogP contribution in [0.25, 0.3) is 0 Å². The molecule has 0 heterocycles. The van der Waals surface area contributed by atoms with E-state index in [1.807, 2.05) is 0 Å².